The van der Waals surface area contributed by atoms with Gasteiger partial charge in [-0.15, -0.1) is 11.3 Å². The summed E-state index contributed by atoms with van der Waals surface area (Å²) in [5.41, 5.74) is 2.13. The monoisotopic (exact) mass is 387 g/mol. The van der Waals surface area contributed by atoms with Crippen LogP contribution in [0.25, 0.3) is 10.2 Å². The van der Waals surface area contributed by atoms with Crippen molar-refractivity contribution in [3.8, 4) is 0 Å². The molecule has 0 atom stereocenters. The predicted octanol–water partition coefficient (Wildman–Crippen LogP) is 3.65. The maximum atomic E-state index is 13.1. The van der Waals surface area contributed by atoms with Gasteiger partial charge in [0.15, 0.2) is 5.13 Å². The van der Waals surface area contributed by atoms with E-state index in [1.165, 1.54) is 11.3 Å². The molecule has 3 aromatic rings. The van der Waals surface area contributed by atoms with E-state index >= 15 is 0 Å². The SMILES string of the molecule is Cc1cccc2sc(N(CCN3CCOCC3)C(=O)c3cccs3)nc12. The van der Waals surface area contributed by atoms with Gasteiger partial charge in [0.2, 0.25) is 0 Å². The zero-order chi connectivity index (χ0) is 17.9. The standard InChI is InChI=1S/C19H21N3O2S2/c1-14-4-2-5-15-17(14)20-19(26-15)22(18(23)16-6-3-13-25-16)8-7-21-9-11-24-12-10-21/h2-6,13H,7-12H2,1H3. The summed E-state index contributed by atoms with van der Waals surface area (Å²) in [6, 6.07) is 9.97. The summed E-state index contributed by atoms with van der Waals surface area (Å²) in [5.74, 6) is 0.0324. The average Bonchev–Trinajstić information content (AvgIpc) is 3.33. The van der Waals surface area contributed by atoms with E-state index in [4.69, 9.17) is 9.72 Å². The molecular formula is C19H21N3O2S2. The number of hydrogen-bond donors (Lipinski definition) is 0. The lowest BCUT2D eigenvalue weighted by atomic mass is 10.2. The largest absolute Gasteiger partial charge is 0.379 e. The van der Waals surface area contributed by atoms with Gasteiger partial charge in [-0.05, 0) is 30.0 Å². The van der Waals surface area contributed by atoms with Gasteiger partial charge in [-0.2, -0.15) is 0 Å². The first-order valence-electron chi connectivity index (χ1n) is 8.74. The van der Waals surface area contributed by atoms with Crippen LogP contribution in [0.5, 0.6) is 0 Å². The Balaban J connectivity index is 1.62. The van der Waals surface area contributed by atoms with E-state index < -0.39 is 0 Å². The van der Waals surface area contributed by atoms with Gasteiger partial charge in [-0.25, -0.2) is 4.98 Å². The molecule has 7 heteroatoms. The lowest BCUT2D eigenvalue weighted by Gasteiger charge is -2.29. The van der Waals surface area contributed by atoms with E-state index in [0.717, 1.165) is 58.6 Å². The van der Waals surface area contributed by atoms with Crippen molar-refractivity contribution < 1.29 is 9.53 Å². The summed E-state index contributed by atoms with van der Waals surface area (Å²) in [6.45, 7) is 6.88. The van der Waals surface area contributed by atoms with Crippen LogP contribution in [0.2, 0.25) is 0 Å². The zero-order valence-corrected chi connectivity index (χ0v) is 16.3. The minimum Gasteiger partial charge on any atom is -0.379 e. The number of fused-ring (bicyclic) bond motifs is 1. The van der Waals surface area contributed by atoms with Gasteiger partial charge in [0.1, 0.15) is 0 Å². The number of thiazole rings is 1. The lowest BCUT2D eigenvalue weighted by Crippen LogP contribution is -2.43. The molecule has 1 aromatic carbocycles. The molecule has 1 fully saturated rings. The van der Waals surface area contributed by atoms with Gasteiger partial charge in [0, 0.05) is 26.2 Å². The van der Waals surface area contributed by atoms with Gasteiger partial charge >= 0.3 is 0 Å². The topological polar surface area (TPSA) is 45.7 Å². The molecule has 3 heterocycles. The van der Waals surface area contributed by atoms with Crippen LogP contribution in [-0.2, 0) is 4.74 Å². The van der Waals surface area contributed by atoms with Crippen molar-refractivity contribution in [1.29, 1.82) is 0 Å². The molecule has 26 heavy (non-hydrogen) atoms. The second-order valence-electron chi connectivity index (χ2n) is 6.31. The van der Waals surface area contributed by atoms with Crippen molar-refractivity contribution in [3.63, 3.8) is 0 Å². The van der Waals surface area contributed by atoms with E-state index in [2.05, 4.69) is 24.0 Å². The molecule has 2 aromatic heterocycles. The molecule has 0 spiro atoms. The number of anilines is 1. The normalized spacial score (nSPS) is 15.4. The third-order valence-corrected chi connectivity index (χ3v) is 6.46. The molecule has 0 unspecified atom stereocenters. The van der Waals surface area contributed by atoms with Gasteiger partial charge in [-0.3, -0.25) is 14.6 Å². The minimum atomic E-state index is 0.0324. The maximum absolute atomic E-state index is 13.1. The van der Waals surface area contributed by atoms with Crippen molar-refractivity contribution in [2.24, 2.45) is 0 Å². The quantitative estimate of drug-likeness (QED) is 0.670. The molecule has 136 valence electrons. The second kappa shape index (κ2) is 7.84. The molecule has 0 saturated carbocycles. The van der Waals surface area contributed by atoms with Crippen LogP contribution in [0.15, 0.2) is 35.7 Å². The molecule has 1 amide bonds. The highest BCUT2D eigenvalue weighted by molar-refractivity contribution is 7.22. The van der Waals surface area contributed by atoms with Crippen LogP contribution in [-0.4, -0.2) is 55.2 Å². The highest BCUT2D eigenvalue weighted by Gasteiger charge is 2.23. The fourth-order valence-corrected chi connectivity index (χ4v) is 4.81. The lowest BCUT2D eigenvalue weighted by molar-refractivity contribution is 0.0391. The molecule has 1 aliphatic heterocycles. The van der Waals surface area contributed by atoms with Gasteiger partial charge in [0.25, 0.3) is 5.91 Å². The Morgan fingerprint density at radius 2 is 2.12 bits per heavy atom. The summed E-state index contributed by atoms with van der Waals surface area (Å²) in [4.78, 5) is 22.8. The number of para-hydroxylation sites is 1. The molecule has 1 aliphatic rings. The molecule has 0 radical (unpaired) electrons. The van der Waals surface area contributed by atoms with Crippen molar-refractivity contribution in [2.75, 3.05) is 44.3 Å². The van der Waals surface area contributed by atoms with Crippen LogP contribution in [0.4, 0.5) is 5.13 Å². The molecule has 0 aliphatic carbocycles. The predicted molar refractivity (Wildman–Crippen MR) is 108 cm³/mol. The Hall–Kier alpha value is -1.80. The number of aromatic nitrogens is 1. The summed E-state index contributed by atoms with van der Waals surface area (Å²) < 4.78 is 6.54. The third-order valence-electron chi connectivity index (χ3n) is 4.56. The molecule has 5 nitrogen and oxygen atoms in total. The van der Waals surface area contributed by atoms with Crippen molar-refractivity contribution in [3.05, 3.63) is 46.2 Å². The van der Waals surface area contributed by atoms with E-state index in [1.807, 2.05) is 28.5 Å². The first kappa shape index (κ1) is 17.6. The van der Waals surface area contributed by atoms with Gasteiger partial charge in [0.05, 0.1) is 28.3 Å². The highest BCUT2D eigenvalue weighted by atomic mass is 32.1. The zero-order valence-electron chi connectivity index (χ0n) is 14.7. The molecule has 4 rings (SSSR count). The average molecular weight is 388 g/mol. The number of rotatable bonds is 5. The fourth-order valence-electron chi connectivity index (χ4n) is 3.07. The molecule has 1 saturated heterocycles. The summed E-state index contributed by atoms with van der Waals surface area (Å²) >= 11 is 3.06. The Morgan fingerprint density at radius 1 is 1.27 bits per heavy atom. The van der Waals surface area contributed by atoms with Crippen LogP contribution >= 0.6 is 22.7 Å². The number of aryl methyl sites for hydroxylation is 1. The number of carbonyl (C=O) groups excluding carboxylic acids is 1. The number of carbonyl (C=O) groups is 1. The number of ether oxygens (including phenoxy) is 1. The number of benzene rings is 1. The molecule has 0 N–H and O–H groups in total. The Morgan fingerprint density at radius 3 is 2.85 bits per heavy atom. The van der Waals surface area contributed by atoms with Gasteiger partial charge < -0.3 is 4.74 Å². The Kier molecular flexibility index (Phi) is 5.31. The van der Waals surface area contributed by atoms with E-state index in [1.54, 1.807) is 11.3 Å². The second-order valence-corrected chi connectivity index (χ2v) is 8.26. The van der Waals surface area contributed by atoms with Crippen LogP contribution < -0.4 is 4.90 Å². The highest BCUT2D eigenvalue weighted by Crippen LogP contribution is 2.31. The number of morpholine rings is 1. The number of amides is 1. The van der Waals surface area contributed by atoms with Gasteiger partial charge in [-0.1, -0.05) is 29.5 Å². The van der Waals surface area contributed by atoms with E-state index in [-0.39, 0.29) is 5.91 Å². The summed E-state index contributed by atoms with van der Waals surface area (Å²) in [7, 11) is 0. The smallest absolute Gasteiger partial charge is 0.270 e. The molecule has 0 bridgehead atoms. The van der Waals surface area contributed by atoms with Crippen LogP contribution in [0, 0.1) is 6.92 Å². The summed E-state index contributed by atoms with van der Waals surface area (Å²) in [5, 5.41) is 2.72. The maximum Gasteiger partial charge on any atom is 0.270 e. The van der Waals surface area contributed by atoms with Crippen LogP contribution in [0.1, 0.15) is 15.2 Å². The molecular weight excluding hydrogens is 366 g/mol. The number of hydrogen-bond acceptors (Lipinski definition) is 6. The number of thiophene rings is 1. The fraction of sp³-hybridized carbons (Fsp3) is 0.368. The van der Waals surface area contributed by atoms with Crippen LogP contribution in [0.3, 0.4) is 0 Å². The number of nitrogens with zero attached hydrogens (tertiary/aromatic N) is 3. The van der Waals surface area contributed by atoms with Crippen molar-refractivity contribution >= 4 is 43.9 Å². The minimum absolute atomic E-state index is 0.0324. The van der Waals surface area contributed by atoms with Crippen molar-refractivity contribution in [2.45, 2.75) is 6.92 Å². The first-order chi connectivity index (χ1) is 12.7. The Bertz CT molecular complexity index is 885. The van der Waals surface area contributed by atoms with E-state index in [0.29, 0.717) is 6.54 Å². The van der Waals surface area contributed by atoms with Crippen molar-refractivity contribution in [1.82, 2.24) is 9.88 Å². The Labute approximate surface area is 160 Å². The third kappa shape index (κ3) is 3.66. The first-order valence-corrected chi connectivity index (χ1v) is 10.4. The summed E-state index contributed by atoms with van der Waals surface area (Å²) in [6.07, 6.45) is 0. The van der Waals surface area contributed by atoms with E-state index in [9.17, 15) is 4.79 Å².